The molecule has 118 valence electrons. The smallest absolute Gasteiger partial charge is 0.230 e. The van der Waals surface area contributed by atoms with Gasteiger partial charge >= 0.3 is 0 Å². The van der Waals surface area contributed by atoms with Crippen molar-refractivity contribution in [3.05, 3.63) is 29.8 Å². The zero-order valence-electron chi connectivity index (χ0n) is 13.3. The number of hydrogen-bond acceptors (Lipinski definition) is 3. The summed E-state index contributed by atoms with van der Waals surface area (Å²) >= 11 is 0. The Labute approximate surface area is 131 Å². The fourth-order valence-corrected chi connectivity index (χ4v) is 3.37. The van der Waals surface area contributed by atoms with E-state index in [-0.39, 0.29) is 24.2 Å². The molecule has 2 aliphatic heterocycles. The highest BCUT2D eigenvalue weighted by atomic mass is 16.2. The van der Waals surface area contributed by atoms with E-state index in [4.69, 9.17) is 0 Å². The van der Waals surface area contributed by atoms with Crippen molar-refractivity contribution < 1.29 is 9.59 Å². The number of para-hydroxylation sites is 1. The Morgan fingerprint density at radius 2 is 1.86 bits per heavy atom. The van der Waals surface area contributed by atoms with Crippen LogP contribution in [0.3, 0.4) is 0 Å². The highest BCUT2D eigenvalue weighted by Gasteiger charge is 2.36. The lowest BCUT2D eigenvalue weighted by atomic mass is 9.88. The Hall–Kier alpha value is -1.88. The highest BCUT2D eigenvalue weighted by molar-refractivity contribution is 6.02. The summed E-state index contributed by atoms with van der Waals surface area (Å²) in [6, 6.07) is 7.75. The summed E-state index contributed by atoms with van der Waals surface area (Å²) in [7, 11) is 1.78. The number of piperazine rings is 1. The van der Waals surface area contributed by atoms with Gasteiger partial charge in [0.05, 0.1) is 5.92 Å². The molecule has 2 amide bonds. The molecule has 22 heavy (non-hydrogen) atoms. The lowest BCUT2D eigenvalue weighted by molar-refractivity contribution is -0.136. The number of carbonyl (C=O) groups excluding carboxylic acids is 2. The van der Waals surface area contributed by atoms with Crippen LogP contribution in [0.25, 0.3) is 0 Å². The summed E-state index contributed by atoms with van der Waals surface area (Å²) in [5.74, 6) is -0.207. The van der Waals surface area contributed by atoms with E-state index in [1.165, 1.54) is 0 Å². The van der Waals surface area contributed by atoms with Crippen molar-refractivity contribution in [2.24, 2.45) is 0 Å². The van der Waals surface area contributed by atoms with Crippen LogP contribution in [0.15, 0.2) is 24.3 Å². The van der Waals surface area contributed by atoms with Crippen molar-refractivity contribution >= 4 is 17.5 Å². The predicted octanol–water partition coefficient (Wildman–Crippen LogP) is 1.30. The van der Waals surface area contributed by atoms with Crippen LogP contribution < -0.4 is 4.90 Å². The van der Waals surface area contributed by atoms with Crippen molar-refractivity contribution in [1.29, 1.82) is 0 Å². The van der Waals surface area contributed by atoms with Gasteiger partial charge in [0.25, 0.3) is 0 Å². The number of nitrogens with zero attached hydrogens (tertiary/aromatic N) is 3. The van der Waals surface area contributed by atoms with E-state index in [9.17, 15) is 9.59 Å². The molecule has 1 aromatic rings. The lowest BCUT2D eigenvalue weighted by Crippen LogP contribution is -2.50. The van der Waals surface area contributed by atoms with E-state index >= 15 is 0 Å². The largest absolute Gasteiger partial charge is 0.340 e. The van der Waals surface area contributed by atoms with E-state index in [1.807, 2.05) is 29.2 Å². The first-order chi connectivity index (χ1) is 10.6. The summed E-state index contributed by atoms with van der Waals surface area (Å²) in [5, 5.41) is 0. The number of rotatable bonds is 2. The third-order valence-electron chi connectivity index (χ3n) is 4.86. The Bertz CT molecular complexity index is 579. The molecule has 0 radical (unpaired) electrons. The molecule has 0 saturated carbocycles. The first kappa shape index (κ1) is 15.0. The molecule has 1 atom stereocenters. The standard InChI is InChI=1S/C17H23N3O2/c1-3-19-8-10-20(11-9-19)17(22)14-12-16(21)18(2)15-7-5-4-6-13(14)15/h4-7,14H,3,8-12H2,1-2H3. The summed E-state index contributed by atoms with van der Waals surface area (Å²) < 4.78 is 0. The van der Waals surface area contributed by atoms with Crippen molar-refractivity contribution in [2.75, 3.05) is 44.7 Å². The van der Waals surface area contributed by atoms with Gasteiger partial charge in [-0.15, -0.1) is 0 Å². The van der Waals surface area contributed by atoms with Crippen LogP contribution in [0.2, 0.25) is 0 Å². The van der Waals surface area contributed by atoms with Crippen molar-refractivity contribution in [1.82, 2.24) is 9.80 Å². The molecule has 1 aromatic carbocycles. The van der Waals surface area contributed by atoms with Gasteiger partial charge in [0.1, 0.15) is 0 Å². The number of benzene rings is 1. The number of anilines is 1. The number of hydrogen-bond donors (Lipinski definition) is 0. The van der Waals surface area contributed by atoms with Gasteiger partial charge in [0.15, 0.2) is 0 Å². The van der Waals surface area contributed by atoms with Crippen molar-refractivity contribution in [3.63, 3.8) is 0 Å². The van der Waals surface area contributed by atoms with Crippen LogP contribution in [-0.2, 0) is 9.59 Å². The van der Waals surface area contributed by atoms with Crippen molar-refractivity contribution in [3.8, 4) is 0 Å². The molecule has 2 aliphatic rings. The molecule has 0 spiro atoms. The Morgan fingerprint density at radius 1 is 1.18 bits per heavy atom. The van der Waals surface area contributed by atoms with Gasteiger partial charge in [-0.1, -0.05) is 25.1 Å². The Kier molecular flexibility index (Phi) is 4.16. The molecule has 1 unspecified atom stereocenters. The third-order valence-corrected chi connectivity index (χ3v) is 4.86. The number of carbonyl (C=O) groups is 2. The fourth-order valence-electron chi connectivity index (χ4n) is 3.37. The maximum atomic E-state index is 12.9. The van der Waals surface area contributed by atoms with E-state index in [0.29, 0.717) is 0 Å². The lowest BCUT2D eigenvalue weighted by Gasteiger charge is -2.38. The fraction of sp³-hybridized carbons (Fsp3) is 0.529. The third kappa shape index (κ3) is 2.61. The molecular weight excluding hydrogens is 278 g/mol. The Balaban J connectivity index is 1.81. The van der Waals surface area contributed by atoms with Gasteiger partial charge in [0, 0.05) is 45.3 Å². The number of likely N-dealkylation sites (N-methyl/N-ethyl adjacent to an activating group) is 1. The maximum Gasteiger partial charge on any atom is 0.230 e. The topological polar surface area (TPSA) is 43.9 Å². The summed E-state index contributed by atoms with van der Waals surface area (Å²) in [4.78, 5) is 31.0. The first-order valence-electron chi connectivity index (χ1n) is 7.98. The first-order valence-corrected chi connectivity index (χ1v) is 7.98. The van der Waals surface area contributed by atoms with Gasteiger partial charge in [0.2, 0.25) is 11.8 Å². The van der Waals surface area contributed by atoms with Gasteiger partial charge in [-0.05, 0) is 18.2 Å². The minimum absolute atomic E-state index is 0.0178. The van der Waals surface area contributed by atoms with Crippen LogP contribution in [0.5, 0.6) is 0 Å². The molecular formula is C17H23N3O2. The van der Waals surface area contributed by atoms with Gasteiger partial charge in [-0.2, -0.15) is 0 Å². The molecule has 5 heteroatoms. The minimum atomic E-state index is -0.326. The summed E-state index contributed by atoms with van der Waals surface area (Å²) in [5.41, 5.74) is 1.84. The molecule has 1 saturated heterocycles. The van der Waals surface area contributed by atoms with E-state index < -0.39 is 0 Å². The quantitative estimate of drug-likeness (QED) is 0.827. The average molecular weight is 301 g/mol. The number of amides is 2. The molecule has 3 rings (SSSR count). The molecule has 2 heterocycles. The van der Waals surface area contributed by atoms with Crippen LogP contribution in [-0.4, -0.2) is 61.4 Å². The molecule has 0 bridgehead atoms. The van der Waals surface area contributed by atoms with Crippen LogP contribution in [0.4, 0.5) is 5.69 Å². The van der Waals surface area contributed by atoms with Gasteiger partial charge in [-0.3, -0.25) is 9.59 Å². The van der Waals surface area contributed by atoms with E-state index in [2.05, 4.69) is 11.8 Å². The zero-order chi connectivity index (χ0) is 15.7. The van der Waals surface area contributed by atoms with E-state index in [1.54, 1.807) is 11.9 Å². The summed E-state index contributed by atoms with van der Waals surface area (Å²) in [6.45, 7) is 6.53. The van der Waals surface area contributed by atoms with Crippen LogP contribution in [0, 0.1) is 0 Å². The predicted molar refractivity (Wildman–Crippen MR) is 85.9 cm³/mol. The average Bonchev–Trinajstić information content (AvgIpc) is 2.57. The second-order valence-electron chi connectivity index (χ2n) is 6.03. The normalized spacial score (nSPS) is 22.6. The number of fused-ring (bicyclic) bond motifs is 1. The second-order valence-corrected chi connectivity index (χ2v) is 6.03. The molecule has 0 aromatic heterocycles. The minimum Gasteiger partial charge on any atom is -0.340 e. The maximum absolute atomic E-state index is 12.9. The SMILES string of the molecule is CCN1CCN(C(=O)C2CC(=O)N(C)c3ccccc32)CC1. The second kappa shape index (κ2) is 6.08. The molecule has 1 fully saturated rings. The van der Waals surface area contributed by atoms with Crippen LogP contribution in [0.1, 0.15) is 24.8 Å². The monoisotopic (exact) mass is 301 g/mol. The van der Waals surface area contributed by atoms with Gasteiger partial charge in [-0.25, -0.2) is 0 Å². The highest BCUT2D eigenvalue weighted by Crippen LogP contribution is 2.36. The molecule has 5 nitrogen and oxygen atoms in total. The zero-order valence-corrected chi connectivity index (χ0v) is 13.3. The van der Waals surface area contributed by atoms with Gasteiger partial charge < -0.3 is 14.7 Å². The Morgan fingerprint density at radius 3 is 2.55 bits per heavy atom. The summed E-state index contributed by atoms with van der Waals surface area (Å²) in [6.07, 6.45) is 0.278. The van der Waals surface area contributed by atoms with Crippen molar-refractivity contribution in [2.45, 2.75) is 19.3 Å². The molecule has 0 N–H and O–H groups in total. The van der Waals surface area contributed by atoms with E-state index in [0.717, 1.165) is 44.0 Å². The van der Waals surface area contributed by atoms with Crippen LogP contribution >= 0.6 is 0 Å². The molecule has 0 aliphatic carbocycles.